The molecule has 2 atom stereocenters. The van der Waals surface area contributed by atoms with Gasteiger partial charge in [0.15, 0.2) is 5.78 Å². The Bertz CT molecular complexity index is 596. The lowest BCUT2D eigenvalue weighted by atomic mass is 9.84. The van der Waals surface area contributed by atoms with Crippen molar-refractivity contribution in [3.8, 4) is 0 Å². The summed E-state index contributed by atoms with van der Waals surface area (Å²) in [6.45, 7) is 0.556. The second kappa shape index (κ2) is 8.66. The summed E-state index contributed by atoms with van der Waals surface area (Å²) < 4.78 is 0.225. The van der Waals surface area contributed by atoms with Gasteiger partial charge in [0.05, 0.1) is 5.60 Å². The maximum Gasteiger partial charge on any atom is 0.404 e. The molecular formula is C17H23IN2O4. The molecule has 132 valence electrons. The lowest BCUT2D eigenvalue weighted by Gasteiger charge is -2.37. The van der Waals surface area contributed by atoms with E-state index in [2.05, 4.69) is 33.2 Å². The number of rotatable bonds is 7. The molecule has 0 spiro atoms. The van der Waals surface area contributed by atoms with Gasteiger partial charge in [-0.25, -0.2) is 4.79 Å². The Hall–Kier alpha value is -1.35. The fourth-order valence-electron chi connectivity index (χ4n) is 2.86. The Labute approximate surface area is 155 Å². The van der Waals surface area contributed by atoms with E-state index >= 15 is 0 Å². The topological polar surface area (TPSA) is 98.7 Å². The van der Waals surface area contributed by atoms with Gasteiger partial charge in [-0.05, 0) is 25.0 Å². The zero-order valence-corrected chi connectivity index (χ0v) is 15.6. The van der Waals surface area contributed by atoms with E-state index in [0.717, 1.165) is 31.4 Å². The molecule has 2 unspecified atom stereocenters. The van der Waals surface area contributed by atoms with Crippen LogP contribution in [0.2, 0.25) is 0 Å². The zero-order valence-electron chi connectivity index (χ0n) is 13.4. The molecule has 0 bridgehead atoms. The first kappa shape index (κ1) is 19.0. The Morgan fingerprint density at radius 2 is 2.12 bits per heavy atom. The van der Waals surface area contributed by atoms with Crippen molar-refractivity contribution < 1.29 is 19.8 Å². The second-order valence-corrected chi connectivity index (χ2v) is 7.66. The van der Waals surface area contributed by atoms with Crippen LogP contribution in [0, 0.1) is 0 Å². The Morgan fingerprint density at radius 1 is 1.33 bits per heavy atom. The number of hydrogen-bond acceptors (Lipinski definition) is 4. The van der Waals surface area contributed by atoms with Crippen molar-refractivity contribution in [2.24, 2.45) is 0 Å². The third-order valence-electron chi connectivity index (χ3n) is 4.31. The average molecular weight is 446 g/mol. The van der Waals surface area contributed by atoms with Crippen LogP contribution in [-0.4, -0.2) is 44.7 Å². The molecule has 6 nitrogen and oxygen atoms in total. The summed E-state index contributed by atoms with van der Waals surface area (Å²) in [6.07, 6.45) is 2.99. The highest BCUT2D eigenvalue weighted by Crippen LogP contribution is 2.34. The van der Waals surface area contributed by atoms with Crippen molar-refractivity contribution in [3.05, 3.63) is 29.8 Å². The number of benzene rings is 1. The number of amides is 1. The predicted molar refractivity (Wildman–Crippen MR) is 101 cm³/mol. The van der Waals surface area contributed by atoms with Gasteiger partial charge in [-0.1, -0.05) is 47.6 Å². The standard InChI is InChI=1S/C17H23IN2O4/c18-15-6-1-2-8-17(15,24)11-20-13-5-3-4-12(10-13)14(21)7-9-19-16(22)23/h3-5,10,15,19-20,24H,1-2,6-9,11H2,(H,22,23). The predicted octanol–water partition coefficient (Wildman–Crippen LogP) is 3.05. The molecule has 1 aromatic rings. The average Bonchev–Trinajstić information content (AvgIpc) is 2.56. The molecule has 0 heterocycles. The van der Waals surface area contributed by atoms with Gasteiger partial charge in [-0.15, -0.1) is 0 Å². The molecule has 1 aromatic carbocycles. The van der Waals surface area contributed by atoms with Crippen LogP contribution >= 0.6 is 22.6 Å². The Morgan fingerprint density at radius 3 is 2.83 bits per heavy atom. The SMILES string of the molecule is O=C(O)NCCC(=O)c1cccc(NCC2(O)CCCCC2I)c1. The minimum atomic E-state index is -1.13. The maximum absolute atomic E-state index is 12.1. The van der Waals surface area contributed by atoms with Crippen LogP contribution in [0.25, 0.3) is 0 Å². The first-order valence-electron chi connectivity index (χ1n) is 8.11. The van der Waals surface area contributed by atoms with Gasteiger partial charge in [-0.2, -0.15) is 0 Å². The molecule has 0 aliphatic heterocycles. The molecule has 2 rings (SSSR count). The maximum atomic E-state index is 12.1. The van der Waals surface area contributed by atoms with Gasteiger partial charge >= 0.3 is 6.09 Å². The smallest absolute Gasteiger partial charge is 0.404 e. The number of halogens is 1. The van der Waals surface area contributed by atoms with E-state index in [1.165, 1.54) is 0 Å². The summed E-state index contributed by atoms with van der Waals surface area (Å²) in [5.41, 5.74) is 0.605. The lowest BCUT2D eigenvalue weighted by molar-refractivity contribution is 0.0281. The molecule has 0 aromatic heterocycles. The number of alkyl halides is 1. The number of aliphatic hydroxyl groups is 1. The summed E-state index contributed by atoms with van der Waals surface area (Å²) >= 11 is 2.32. The van der Waals surface area contributed by atoms with Gasteiger partial charge in [-0.3, -0.25) is 4.79 Å². The molecule has 4 N–H and O–H groups in total. The fourth-order valence-corrected chi connectivity index (χ4v) is 3.84. The largest absolute Gasteiger partial charge is 0.465 e. The summed E-state index contributed by atoms with van der Waals surface area (Å²) in [4.78, 5) is 22.5. The molecule has 1 saturated carbocycles. The number of carbonyl (C=O) groups is 2. The number of carboxylic acid groups (broad SMARTS) is 1. The third-order valence-corrected chi connectivity index (χ3v) is 6.09. The quantitative estimate of drug-likeness (QED) is 0.293. The number of carbonyl (C=O) groups excluding carboxylic acids is 1. The zero-order chi connectivity index (χ0) is 17.6. The third kappa shape index (κ3) is 5.34. The molecule has 1 aliphatic rings. The fraction of sp³-hybridized carbons (Fsp3) is 0.529. The molecule has 1 amide bonds. The number of ketones is 1. The van der Waals surface area contributed by atoms with Gasteiger partial charge in [0.1, 0.15) is 0 Å². The van der Waals surface area contributed by atoms with Crippen molar-refractivity contribution in [1.82, 2.24) is 5.32 Å². The molecule has 24 heavy (non-hydrogen) atoms. The van der Waals surface area contributed by atoms with Crippen LogP contribution in [0.4, 0.5) is 10.5 Å². The van der Waals surface area contributed by atoms with Crippen molar-refractivity contribution in [3.63, 3.8) is 0 Å². The van der Waals surface area contributed by atoms with Crippen molar-refractivity contribution >= 4 is 40.2 Å². The van der Waals surface area contributed by atoms with Crippen LogP contribution in [0.3, 0.4) is 0 Å². The highest BCUT2D eigenvalue weighted by Gasteiger charge is 2.36. The highest BCUT2D eigenvalue weighted by atomic mass is 127. The van der Waals surface area contributed by atoms with E-state index in [4.69, 9.17) is 5.11 Å². The van der Waals surface area contributed by atoms with Crippen LogP contribution < -0.4 is 10.6 Å². The molecule has 1 fully saturated rings. The first-order valence-corrected chi connectivity index (χ1v) is 9.36. The minimum Gasteiger partial charge on any atom is -0.465 e. The molecular weight excluding hydrogens is 423 g/mol. The highest BCUT2D eigenvalue weighted by molar-refractivity contribution is 14.1. The van der Waals surface area contributed by atoms with E-state index in [9.17, 15) is 14.7 Å². The molecule has 1 aliphatic carbocycles. The van der Waals surface area contributed by atoms with E-state index < -0.39 is 11.7 Å². The van der Waals surface area contributed by atoms with E-state index in [1.54, 1.807) is 18.2 Å². The van der Waals surface area contributed by atoms with Crippen molar-refractivity contribution in [2.75, 3.05) is 18.4 Å². The first-order chi connectivity index (χ1) is 11.4. The van der Waals surface area contributed by atoms with Gasteiger partial charge in [0.2, 0.25) is 0 Å². The minimum absolute atomic E-state index is 0.0993. The van der Waals surface area contributed by atoms with Gasteiger partial charge in [0, 0.05) is 34.7 Å². The van der Waals surface area contributed by atoms with Crippen molar-refractivity contribution in [2.45, 2.75) is 41.6 Å². The number of anilines is 1. The Kier molecular flexibility index (Phi) is 6.85. The van der Waals surface area contributed by atoms with Crippen LogP contribution in [-0.2, 0) is 0 Å². The normalized spacial score (nSPS) is 23.5. The summed E-state index contributed by atoms with van der Waals surface area (Å²) in [6, 6.07) is 7.11. The van der Waals surface area contributed by atoms with Crippen LogP contribution in [0.15, 0.2) is 24.3 Å². The van der Waals surface area contributed by atoms with Crippen LogP contribution in [0.1, 0.15) is 42.5 Å². The van der Waals surface area contributed by atoms with Gasteiger partial charge in [0.25, 0.3) is 0 Å². The molecule has 7 heteroatoms. The number of Topliss-reactive ketones (excluding diaryl/α,β-unsaturated/α-hetero) is 1. The van der Waals surface area contributed by atoms with Gasteiger partial charge < -0.3 is 20.8 Å². The monoisotopic (exact) mass is 446 g/mol. The van der Waals surface area contributed by atoms with E-state index in [-0.39, 0.29) is 22.7 Å². The molecule has 0 radical (unpaired) electrons. The molecule has 0 saturated heterocycles. The number of hydrogen-bond donors (Lipinski definition) is 4. The number of nitrogens with one attached hydrogen (secondary N) is 2. The summed E-state index contributed by atoms with van der Waals surface area (Å²) in [5.74, 6) is -0.115. The van der Waals surface area contributed by atoms with Crippen molar-refractivity contribution in [1.29, 1.82) is 0 Å². The van der Waals surface area contributed by atoms with Crippen LogP contribution in [0.5, 0.6) is 0 Å². The van der Waals surface area contributed by atoms with E-state index in [0.29, 0.717) is 12.1 Å². The summed E-state index contributed by atoms with van der Waals surface area (Å²) in [7, 11) is 0. The lowest BCUT2D eigenvalue weighted by Crippen LogP contribution is -2.47. The van der Waals surface area contributed by atoms with E-state index in [1.807, 2.05) is 6.07 Å². The Balaban J connectivity index is 1.92. The second-order valence-electron chi connectivity index (χ2n) is 6.16. The summed E-state index contributed by atoms with van der Waals surface area (Å²) in [5, 5.41) is 24.7.